The molecule has 3 heteroatoms. The van der Waals surface area contributed by atoms with Gasteiger partial charge in [0.1, 0.15) is 5.69 Å². The van der Waals surface area contributed by atoms with Gasteiger partial charge in [-0.15, -0.1) is 0 Å². The average Bonchev–Trinajstić information content (AvgIpc) is 3.51. The van der Waals surface area contributed by atoms with E-state index in [9.17, 15) is 0 Å². The highest BCUT2D eigenvalue weighted by atomic mass is 16.5. The van der Waals surface area contributed by atoms with E-state index in [2.05, 4.69) is 71.4 Å². The van der Waals surface area contributed by atoms with Gasteiger partial charge in [0.2, 0.25) is 0 Å². The Bertz CT molecular complexity index is 1090. The van der Waals surface area contributed by atoms with Crippen molar-refractivity contribution < 1.29 is 9.47 Å². The van der Waals surface area contributed by atoms with Crippen molar-refractivity contribution in [3.8, 4) is 22.6 Å². The highest BCUT2D eigenvalue weighted by Gasteiger charge is 2.31. The molecular formula is C26H32NO2+. The number of nitrogens with zero attached hydrogens (tertiary/aromatic N) is 1. The molecule has 0 bridgehead atoms. The van der Waals surface area contributed by atoms with Crippen molar-refractivity contribution in [1.82, 2.24) is 4.48 Å². The monoisotopic (exact) mass is 390 g/mol. The van der Waals surface area contributed by atoms with E-state index in [1.807, 2.05) is 0 Å². The first kappa shape index (κ1) is 19.8. The molecule has 0 aliphatic heterocycles. The fourth-order valence-electron chi connectivity index (χ4n) is 4.28. The van der Waals surface area contributed by atoms with Crippen molar-refractivity contribution in [3.05, 3.63) is 53.1 Å². The molecule has 4 rings (SSSR count). The molecule has 152 valence electrons. The highest BCUT2D eigenvalue weighted by molar-refractivity contribution is 5.95. The third kappa shape index (κ3) is 3.49. The largest absolute Gasteiger partial charge is 0.493 e. The summed E-state index contributed by atoms with van der Waals surface area (Å²) >= 11 is 0. The summed E-state index contributed by atoms with van der Waals surface area (Å²) in [6, 6.07) is 13.6. The fraction of sp³-hybridized carbons (Fsp3) is 0.385. The van der Waals surface area contributed by atoms with Gasteiger partial charge in [-0.2, -0.15) is 0 Å². The zero-order valence-corrected chi connectivity index (χ0v) is 18.7. The first-order chi connectivity index (χ1) is 13.7. The van der Waals surface area contributed by atoms with E-state index in [1.165, 1.54) is 57.1 Å². The summed E-state index contributed by atoms with van der Waals surface area (Å²) in [5.74, 6) is 2.30. The van der Waals surface area contributed by atoms with Crippen LogP contribution in [0.25, 0.3) is 21.9 Å². The van der Waals surface area contributed by atoms with Crippen LogP contribution in [0.1, 0.15) is 35.4 Å². The minimum Gasteiger partial charge on any atom is -0.493 e. The van der Waals surface area contributed by atoms with Crippen LogP contribution in [0.4, 0.5) is 5.69 Å². The van der Waals surface area contributed by atoms with Crippen molar-refractivity contribution in [2.75, 3.05) is 35.4 Å². The predicted molar refractivity (Wildman–Crippen MR) is 124 cm³/mol. The highest BCUT2D eigenvalue weighted by Crippen LogP contribution is 2.51. The lowest BCUT2D eigenvalue weighted by atomic mass is 9.93. The molecule has 3 nitrogen and oxygen atoms in total. The zero-order chi connectivity index (χ0) is 20.9. The molecule has 0 radical (unpaired) electrons. The smallest absolute Gasteiger partial charge is 0.164 e. The number of hydrogen-bond acceptors (Lipinski definition) is 2. The molecule has 1 saturated carbocycles. The molecule has 1 fully saturated rings. The van der Waals surface area contributed by atoms with Crippen LogP contribution in [0.5, 0.6) is 11.5 Å². The Morgan fingerprint density at radius 2 is 1.55 bits per heavy atom. The number of quaternary nitrogens is 1. The SMILES string of the molecule is COc1cc2cc(-c3cc(C)c(C)cc3[N+](C)(C)C)ccc2c(C2CC2)c1OC. The first-order valence-corrected chi connectivity index (χ1v) is 10.4. The lowest BCUT2D eigenvalue weighted by Gasteiger charge is -2.27. The van der Waals surface area contributed by atoms with Crippen LogP contribution in [-0.2, 0) is 0 Å². The van der Waals surface area contributed by atoms with Gasteiger partial charge in [-0.05, 0) is 78.3 Å². The van der Waals surface area contributed by atoms with Crippen LogP contribution >= 0.6 is 0 Å². The maximum absolute atomic E-state index is 5.76. The predicted octanol–water partition coefficient (Wildman–Crippen LogP) is 6.21. The Kier molecular flexibility index (Phi) is 4.82. The van der Waals surface area contributed by atoms with E-state index in [4.69, 9.17) is 9.47 Å². The first-order valence-electron chi connectivity index (χ1n) is 10.4. The van der Waals surface area contributed by atoms with Crippen LogP contribution in [0.15, 0.2) is 36.4 Å². The lowest BCUT2D eigenvalue weighted by molar-refractivity contribution is 0.353. The second-order valence-electron chi connectivity index (χ2n) is 9.20. The number of benzene rings is 3. The fourth-order valence-corrected chi connectivity index (χ4v) is 4.28. The Morgan fingerprint density at radius 1 is 0.862 bits per heavy atom. The topological polar surface area (TPSA) is 18.5 Å². The molecule has 0 heterocycles. The Labute approximate surface area is 174 Å². The molecular weight excluding hydrogens is 358 g/mol. The van der Waals surface area contributed by atoms with Crippen molar-refractivity contribution in [1.29, 1.82) is 0 Å². The summed E-state index contributed by atoms with van der Waals surface area (Å²) in [6.45, 7) is 4.39. The third-order valence-electron chi connectivity index (χ3n) is 6.15. The molecule has 1 aliphatic rings. The Hall–Kier alpha value is -2.52. The van der Waals surface area contributed by atoms with E-state index in [1.54, 1.807) is 14.2 Å². The van der Waals surface area contributed by atoms with Gasteiger partial charge < -0.3 is 9.47 Å². The van der Waals surface area contributed by atoms with Crippen molar-refractivity contribution >= 4 is 16.5 Å². The minimum atomic E-state index is 0.580. The number of methoxy groups -OCH3 is 2. The van der Waals surface area contributed by atoms with E-state index < -0.39 is 0 Å². The van der Waals surface area contributed by atoms with Crippen LogP contribution < -0.4 is 14.0 Å². The maximum atomic E-state index is 5.76. The summed E-state index contributed by atoms with van der Waals surface area (Å²) in [5.41, 5.74) is 7.84. The summed E-state index contributed by atoms with van der Waals surface area (Å²) < 4.78 is 12.2. The molecule has 0 N–H and O–H groups in total. The molecule has 3 aromatic rings. The van der Waals surface area contributed by atoms with Gasteiger partial charge in [0.15, 0.2) is 11.5 Å². The van der Waals surface area contributed by atoms with E-state index >= 15 is 0 Å². The summed E-state index contributed by atoms with van der Waals surface area (Å²) in [4.78, 5) is 0. The van der Waals surface area contributed by atoms with Crippen LogP contribution in [-0.4, -0.2) is 35.4 Å². The zero-order valence-electron chi connectivity index (χ0n) is 18.7. The van der Waals surface area contributed by atoms with Crippen LogP contribution in [0.3, 0.4) is 0 Å². The second-order valence-corrected chi connectivity index (χ2v) is 9.20. The summed E-state index contributed by atoms with van der Waals surface area (Å²) in [6.07, 6.45) is 2.45. The Balaban J connectivity index is 1.97. The lowest BCUT2D eigenvalue weighted by Crippen LogP contribution is -2.35. The number of rotatable bonds is 5. The quantitative estimate of drug-likeness (QED) is 0.482. The number of hydrogen-bond donors (Lipinski definition) is 0. The molecule has 0 unspecified atom stereocenters. The minimum absolute atomic E-state index is 0.580. The van der Waals surface area contributed by atoms with E-state index in [-0.39, 0.29) is 0 Å². The number of ether oxygens (including phenoxy) is 2. The van der Waals surface area contributed by atoms with Gasteiger partial charge in [-0.25, -0.2) is 0 Å². The van der Waals surface area contributed by atoms with Gasteiger partial charge in [-0.3, -0.25) is 4.48 Å². The van der Waals surface area contributed by atoms with Crippen LogP contribution in [0, 0.1) is 13.8 Å². The van der Waals surface area contributed by atoms with Gasteiger partial charge in [-0.1, -0.05) is 12.1 Å². The maximum Gasteiger partial charge on any atom is 0.164 e. The van der Waals surface area contributed by atoms with E-state index in [0.717, 1.165) is 16.0 Å². The van der Waals surface area contributed by atoms with Gasteiger partial charge in [0.25, 0.3) is 0 Å². The molecule has 0 spiro atoms. The molecule has 0 saturated heterocycles. The number of aryl methyl sites for hydroxylation is 2. The van der Waals surface area contributed by atoms with Crippen molar-refractivity contribution in [2.24, 2.45) is 0 Å². The van der Waals surface area contributed by atoms with Gasteiger partial charge in [0.05, 0.1) is 35.4 Å². The normalized spacial score (nSPS) is 14.3. The third-order valence-corrected chi connectivity index (χ3v) is 6.15. The van der Waals surface area contributed by atoms with Gasteiger partial charge >= 0.3 is 0 Å². The summed E-state index contributed by atoms with van der Waals surface area (Å²) in [5, 5.41) is 2.50. The molecule has 0 aromatic heterocycles. The molecule has 29 heavy (non-hydrogen) atoms. The van der Waals surface area contributed by atoms with Crippen LogP contribution in [0.2, 0.25) is 0 Å². The number of fused-ring (bicyclic) bond motifs is 1. The molecule has 3 aromatic carbocycles. The van der Waals surface area contributed by atoms with Gasteiger partial charge in [0, 0.05) is 17.2 Å². The van der Waals surface area contributed by atoms with Crippen molar-refractivity contribution in [2.45, 2.75) is 32.6 Å². The molecule has 0 atom stereocenters. The summed E-state index contributed by atoms with van der Waals surface area (Å²) in [7, 11) is 10.2. The standard InChI is InChI=1S/C26H32NO2/c1-16-12-22(23(13-17(16)2)27(3,4)5)19-10-11-21-20(14-19)15-24(28-6)26(29-7)25(21)18-8-9-18/h10-15,18H,8-9H2,1-7H3/q+1. The van der Waals surface area contributed by atoms with E-state index in [0.29, 0.717) is 5.92 Å². The molecule has 1 aliphatic carbocycles. The van der Waals surface area contributed by atoms with Crippen molar-refractivity contribution in [3.63, 3.8) is 0 Å². The Morgan fingerprint density at radius 3 is 2.14 bits per heavy atom. The average molecular weight is 391 g/mol. The second kappa shape index (κ2) is 7.07. The molecule has 0 amide bonds.